The second-order valence-electron chi connectivity index (χ2n) is 6.93. The van der Waals surface area contributed by atoms with Crippen LogP contribution in [0.25, 0.3) is 0 Å². The molecule has 0 atom stereocenters. The zero-order valence-electron chi connectivity index (χ0n) is 16.0. The van der Waals surface area contributed by atoms with Crippen LogP contribution in [-0.2, 0) is 30.6 Å². The topological polar surface area (TPSA) is 134 Å². The Hall–Kier alpha value is -3.14. The number of ether oxygens (including phenoxy) is 1. The minimum absolute atomic E-state index is 0.00992. The van der Waals surface area contributed by atoms with E-state index < -0.39 is 49.2 Å². The minimum atomic E-state index is -1.33. The molecule has 0 saturated carbocycles. The van der Waals surface area contributed by atoms with Crippen molar-refractivity contribution in [3.8, 4) is 0 Å². The lowest BCUT2D eigenvalue weighted by Gasteiger charge is -2.28. The van der Waals surface area contributed by atoms with Gasteiger partial charge in [-0.25, -0.2) is 9.59 Å². The Morgan fingerprint density at radius 3 is 2.07 bits per heavy atom. The van der Waals surface area contributed by atoms with Crippen molar-refractivity contribution >= 4 is 23.9 Å². The monoisotopic (exact) mass is 396 g/mol. The van der Waals surface area contributed by atoms with Crippen LogP contribution in [0.5, 0.6) is 0 Å². The summed E-state index contributed by atoms with van der Waals surface area (Å²) < 4.78 is 5.12. The number of aliphatic carboxylic acids is 1. The van der Waals surface area contributed by atoms with Crippen molar-refractivity contribution in [2.75, 3.05) is 19.6 Å². The molecule has 1 aromatic carbocycles. The Balaban J connectivity index is 2.97. The van der Waals surface area contributed by atoms with Crippen molar-refractivity contribution in [1.82, 2.24) is 9.80 Å². The van der Waals surface area contributed by atoms with Gasteiger partial charge in [-0.3, -0.25) is 19.4 Å². The molecule has 2 N–H and O–H groups in total. The first-order valence-electron chi connectivity index (χ1n) is 8.37. The third kappa shape index (κ3) is 8.49. The molecule has 1 aromatic rings. The maximum absolute atomic E-state index is 12.7. The van der Waals surface area contributed by atoms with Crippen molar-refractivity contribution in [3.63, 3.8) is 0 Å². The molecule has 0 radical (unpaired) electrons. The average molecular weight is 396 g/mol. The Kier molecular flexibility index (Phi) is 8.39. The molecule has 0 aliphatic rings. The van der Waals surface area contributed by atoms with E-state index in [9.17, 15) is 19.2 Å². The van der Waals surface area contributed by atoms with Gasteiger partial charge in [0.1, 0.15) is 25.2 Å². The molecule has 0 fully saturated rings. The highest BCUT2D eigenvalue weighted by atomic mass is 17.1. The van der Waals surface area contributed by atoms with Gasteiger partial charge in [-0.15, -0.1) is 0 Å². The van der Waals surface area contributed by atoms with E-state index in [-0.39, 0.29) is 6.54 Å². The third-order valence-electron chi connectivity index (χ3n) is 3.29. The number of carbonyl (C=O) groups is 4. The molecule has 2 amide bonds. The van der Waals surface area contributed by atoms with E-state index in [0.29, 0.717) is 5.56 Å². The summed E-state index contributed by atoms with van der Waals surface area (Å²) in [5.41, 5.74) is -0.204. The van der Waals surface area contributed by atoms with Gasteiger partial charge in [0.2, 0.25) is 5.91 Å². The molecule has 0 aliphatic heterocycles. The van der Waals surface area contributed by atoms with E-state index in [1.807, 2.05) is 0 Å². The van der Waals surface area contributed by atoms with Gasteiger partial charge >= 0.3 is 18.0 Å². The van der Waals surface area contributed by atoms with Crippen molar-refractivity contribution < 1.29 is 39.2 Å². The third-order valence-corrected chi connectivity index (χ3v) is 3.29. The first kappa shape index (κ1) is 22.9. The second kappa shape index (κ2) is 10.3. The number of carboxylic acids is 1. The minimum Gasteiger partial charge on any atom is -0.480 e. The van der Waals surface area contributed by atoms with Crippen LogP contribution in [0, 0.1) is 0 Å². The Labute approximate surface area is 162 Å². The number of rotatable bonds is 8. The van der Waals surface area contributed by atoms with E-state index in [0.717, 1.165) is 9.80 Å². The van der Waals surface area contributed by atoms with E-state index in [1.165, 1.54) is 0 Å². The number of benzene rings is 1. The standard InChI is InChI=1S/C18H24N2O8/c1-18(2,3)27-17(25)20(11-15(22)23)10-14(21)19(12-16(24)28-26)9-13-7-5-4-6-8-13/h4-8,26H,9-12H2,1-3H3,(H,22,23). The summed E-state index contributed by atoms with van der Waals surface area (Å²) in [6, 6.07) is 8.68. The lowest BCUT2D eigenvalue weighted by Crippen LogP contribution is -2.47. The first-order chi connectivity index (χ1) is 13.0. The lowest BCUT2D eigenvalue weighted by molar-refractivity contribution is -0.235. The molecule has 10 heteroatoms. The summed E-state index contributed by atoms with van der Waals surface area (Å²) in [5.74, 6) is -3.13. The number of amides is 2. The quantitative estimate of drug-likeness (QED) is 0.497. The fourth-order valence-corrected chi connectivity index (χ4v) is 2.16. The van der Waals surface area contributed by atoms with E-state index in [1.54, 1.807) is 51.1 Å². The zero-order chi connectivity index (χ0) is 21.3. The largest absolute Gasteiger partial charge is 0.480 e. The van der Waals surface area contributed by atoms with Crippen LogP contribution in [0.4, 0.5) is 4.79 Å². The molecule has 28 heavy (non-hydrogen) atoms. The molecule has 0 bridgehead atoms. The highest BCUT2D eigenvalue weighted by molar-refractivity contribution is 5.87. The van der Waals surface area contributed by atoms with Crippen LogP contribution in [0.15, 0.2) is 30.3 Å². The Bertz CT molecular complexity index is 699. The summed E-state index contributed by atoms with van der Waals surface area (Å²) in [5, 5.41) is 17.5. The first-order valence-corrected chi connectivity index (χ1v) is 8.37. The van der Waals surface area contributed by atoms with Gasteiger partial charge in [-0.2, -0.15) is 5.26 Å². The van der Waals surface area contributed by atoms with Crippen molar-refractivity contribution in [3.05, 3.63) is 35.9 Å². The molecule has 1 rings (SSSR count). The van der Waals surface area contributed by atoms with Crippen LogP contribution >= 0.6 is 0 Å². The number of carbonyl (C=O) groups excluding carboxylic acids is 3. The molecule has 0 aromatic heterocycles. The number of nitrogens with zero attached hydrogens (tertiary/aromatic N) is 2. The van der Waals surface area contributed by atoms with Gasteiger partial charge in [0.15, 0.2) is 0 Å². The summed E-state index contributed by atoms with van der Waals surface area (Å²) in [4.78, 5) is 52.8. The Morgan fingerprint density at radius 1 is 0.964 bits per heavy atom. The van der Waals surface area contributed by atoms with Crippen LogP contribution in [0.3, 0.4) is 0 Å². The van der Waals surface area contributed by atoms with Crippen LogP contribution in [0.1, 0.15) is 26.3 Å². The van der Waals surface area contributed by atoms with Gasteiger partial charge < -0.3 is 14.7 Å². The normalized spacial score (nSPS) is 10.7. The SMILES string of the molecule is CC(C)(C)OC(=O)N(CC(=O)O)CC(=O)N(CC(=O)OO)Cc1ccccc1. The van der Waals surface area contributed by atoms with E-state index in [4.69, 9.17) is 15.1 Å². The molecule has 0 spiro atoms. The van der Waals surface area contributed by atoms with Crippen LogP contribution in [-0.4, -0.2) is 69.3 Å². The summed E-state index contributed by atoms with van der Waals surface area (Å²) in [7, 11) is 0. The van der Waals surface area contributed by atoms with Crippen LogP contribution < -0.4 is 0 Å². The summed E-state index contributed by atoms with van der Waals surface area (Å²) >= 11 is 0. The highest BCUT2D eigenvalue weighted by Crippen LogP contribution is 2.11. The zero-order valence-corrected chi connectivity index (χ0v) is 16.0. The molecule has 0 heterocycles. The second-order valence-corrected chi connectivity index (χ2v) is 6.93. The molecule has 0 aliphatic carbocycles. The van der Waals surface area contributed by atoms with Gasteiger partial charge in [-0.05, 0) is 26.3 Å². The molecule has 154 valence electrons. The number of hydrogen-bond donors (Lipinski definition) is 2. The molecule has 0 unspecified atom stereocenters. The van der Waals surface area contributed by atoms with Gasteiger partial charge in [0.05, 0.1) is 0 Å². The Morgan fingerprint density at radius 2 is 1.57 bits per heavy atom. The summed E-state index contributed by atoms with van der Waals surface area (Å²) in [6.07, 6.45) is -0.979. The maximum atomic E-state index is 12.7. The molecular formula is C18H24N2O8. The lowest BCUT2D eigenvalue weighted by atomic mass is 10.2. The van der Waals surface area contributed by atoms with Gasteiger partial charge in [0.25, 0.3) is 0 Å². The number of carboxylic acid groups (broad SMARTS) is 1. The predicted octanol–water partition coefficient (Wildman–Crippen LogP) is 1.35. The fourth-order valence-electron chi connectivity index (χ4n) is 2.16. The van der Waals surface area contributed by atoms with E-state index in [2.05, 4.69) is 4.89 Å². The van der Waals surface area contributed by atoms with E-state index >= 15 is 0 Å². The number of hydrogen-bond acceptors (Lipinski definition) is 7. The molecular weight excluding hydrogens is 372 g/mol. The predicted molar refractivity (Wildman–Crippen MR) is 96.0 cm³/mol. The maximum Gasteiger partial charge on any atom is 0.411 e. The van der Waals surface area contributed by atoms with Crippen molar-refractivity contribution in [2.45, 2.75) is 32.9 Å². The smallest absolute Gasteiger partial charge is 0.411 e. The molecule has 10 nitrogen and oxygen atoms in total. The van der Waals surface area contributed by atoms with Crippen molar-refractivity contribution in [1.29, 1.82) is 0 Å². The van der Waals surface area contributed by atoms with Crippen molar-refractivity contribution in [2.24, 2.45) is 0 Å². The van der Waals surface area contributed by atoms with Gasteiger partial charge in [0, 0.05) is 6.54 Å². The summed E-state index contributed by atoms with van der Waals surface area (Å²) in [6.45, 7) is 2.82. The fraction of sp³-hybridized carbons (Fsp3) is 0.444. The molecule has 0 saturated heterocycles. The van der Waals surface area contributed by atoms with Crippen LogP contribution in [0.2, 0.25) is 0 Å². The van der Waals surface area contributed by atoms with Gasteiger partial charge in [-0.1, -0.05) is 30.3 Å². The highest BCUT2D eigenvalue weighted by Gasteiger charge is 2.28. The average Bonchev–Trinajstić information content (AvgIpc) is 2.59.